The lowest BCUT2D eigenvalue weighted by Gasteiger charge is -2.46. The van der Waals surface area contributed by atoms with Gasteiger partial charge in [-0.3, -0.25) is 0 Å². The Morgan fingerprint density at radius 3 is 1.24 bits per heavy atom. The first-order chi connectivity index (χ1) is 7.39. The Morgan fingerprint density at radius 1 is 0.647 bits per heavy atom. The van der Waals surface area contributed by atoms with Crippen LogP contribution in [0.5, 0.6) is 0 Å². The van der Waals surface area contributed by atoms with E-state index in [0.29, 0.717) is 0 Å². The van der Waals surface area contributed by atoms with Crippen molar-refractivity contribution in [2.45, 2.75) is 45.8 Å². The van der Waals surface area contributed by atoms with Gasteiger partial charge in [0.05, 0.1) is 0 Å². The van der Waals surface area contributed by atoms with Crippen LogP contribution in [0.3, 0.4) is 0 Å². The molecular weight excluding hydrogens is 284 g/mol. The molecule has 1 aliphatic heterocycles. The SMILES string of the molecule is C=C[Si]1(C)O[Si](C)(C)O[Si](C)(C)O[Si](C)(C)O1. The lowest BCUT2D eigenvalue weighted by molar-refractivity contribution is 0.241. The highest BCUT2D eigenvalue weighted by Crippen LogP contribution is 2.30. The molecular formula is C9H24O4Si4. The fourth-order valence-electron chi connectivity index (χ4n) is 2.33. The highest BCUT2D eigenvalue weighted by Gasteiger charge is 2.51. The molecule has 0 amide bonds. The van der Waals surface area contributed by atoms with E-state index in [1.54, 1.807) is 0 Å². The van der Waals surface area contributed by atoms with Gasteiger partial charge in [-0.15, -0.1) is 6.58 Å². The van der Waals surface area contributed by atoms with Crippen LogP contribution in [0, 0.1) is 0 Å². The van der Waals surface area contributed by atoms with Gasteiger partial charge < -0.3 is 16.5 Å². The summed E-state index contributed by atoms with van der Waals surface area (Å²) in [6, 6.07) is 0. The summed E-state index contributed by atoms with van der Waals surface area (Å²) in [4.78, 5) is 0. The van der Waals surface area contributed by atoms with Crippen molar-refractivity contribution in [1.29, 1.82) is 0 Å². The smallest absolute Gasteiger partial charge is 0.343 e. The van der Waals surface area contributed by atoms with Gasteiger partial charge in [0.25, 0.3) is 0 Å². The molecule has 1 saturated heterocycles. The maximum absolute atomic E-state index is 6.19. The Balaban J connectivity index is 3.06. The predicted octanol–water partition coefficient (Wildman–Crippen LogP) is 2.97. The van der Waals surface area contributed by atoms with E-state index in [9.17, 15) is 0 Å². The molecule has 0 aliphatic carbocycles. The summed E-state index contributed by atoms with van der Waals surface area (Å²) >= 11 is 0. The van der Waals surface area contributed by atoms with Crippen LogP contribution in [-0.4, -0.2) is 34.2 Å². The van der Waals surface area contributed by atoms with Crippen LogP contribution in [0.4, 0.5) is 0 Å². The first-order valence-electron chi connectivity index (χ1n) is 5.83. The van der Waals surface area contributed by atoms with Gasteiger partial charge in [0.15, 0.2) is 0 Å². The Kier molecular flexibility index (Phi) is 4.13. The molecule has 4 nitrogen and oxygen atoms in total. The van der Waals surface area contributed by atoms with E-state index in [-0.39, 0.29) is 0 Å². The lowest BCUT2D eigenvalue weighted by atomic mass is 11.3. The van der Waals surface area contributed by atoms with Crippen LogP contribution in [0.25, 0.3) is 0 Å². The number of rotatable bonds is 1. The van der Waals surface area contributed by atoms with E-state index in [1.165, 1.54) is 0 Å². The molecule has 100 valence electrons. The molecule has 1 fully saturated rings. The third kappa shape index (κ3) is 4.56. The van der Waals surface area contributed by atoms with Crippen LogP contribution in [-0.2, 0) is 16.5 Å². The first kappa shape index (κ1) is 15.5. The maximum Gasteiger partial charge on any atom is 0.343 e. The molecule has 0 aromatic rings. The summed E-state index contributed by atoms with van der Waals surface area (Å²) < 4.78 is 24.7. The van der Waals surface area contributed by atoms with Crippen molar-refractivity contribution in [3.63, 3.8) is 0 Å². The Bertz CT molecular complexity index is 294. The summed E-state index contributed by atoms with van der Waals surface area (Å²) in [5.74, 6) is 0. The quantitative estimate of drug-likeness (QED) is 0.698. The van der Waals surface area contributed by atoms with Gasteiger partial charge >= 0.3 is 34.2 Å². The lowest BCUT2D eigenvalue weighted by Crippen LogP contribution is -2.64. The van der Waals surface area contributed by atoms with Crippen LogP contribution >= 0.6 is 0 Å². The minimum Gasteiger partial charge on any atom is -0.416 e. The van der Waals surface area contributed by atoms with Crippen molar-refractivity contribution >= 4 is 34.2 Å². The van der Waals surface area contributed by atoms with Gasteiger partial charge in [0.2, 0.25) is 0 Å². The zero-order chi connectivity index (χ0) is 13.5. The van der Waals surface area contributed by atoms with Gasteiger partial charge in [-0.2, -0.15) is 0 Å². The second-order valence-corrected chi connectivity index (χ2v) is 19.9. The molecule has 1 heterocycles. The summed E-state index contributed by atoms with van der Waals surface area (Å²) in [6.45, 7) is 18.2. The molecule has 0 spiro atoms. The summed E-state index contributed by atoms with van der Waals surface area (Å²) in [5.41, 5.74) is 1.82. The fraction of sp³-hybridized carbons (Fsp3) is 0.778. The van der Waals surface area contributed by atoms with Gasteiger partial charge in [-0.1, -0.05) is 5.70 Å². The monoisotopic (exact) mass is 308 g/mol. The highest BCUT2D eigenvalue weighted by atomic mass is 28.5. The molecule has 0 bridgehead atoms. The second-order valence-electron chi connectivity index (χ2n) is 5.83. The Morgan fingerprint density at radius 2 is 0.941 bits per heavy atom. The number of hydrogen-bond donors (Lipinski definition) is 0. The molecule has 8 heteroatoms. The molecule has 0 saturated carbocycles. The molecule has 0 radical (unpaired) electrons. The van der Waals surface area contributed by atoms with Crippen LogP contribution in [0.15, 0.2) is 12.3 Å². The number of hydrogen-bond acceptors (Lipinski definition) is 4. The standard InChI is InChI=1S/C9H24O4Si4/c1-9-17(8)12-15(4,5)10-14(2,3)11-16(6,7)13-17/h9H,1H2,2-8H3. The van der Waals surface area contributed by atoms with Crippen LogP contribution in [0.1, 0.15) is 0 Å². The molecule has 1 aliphatic rings. The average Bonchev–Trinajstić information content (AvgIpc) is 1.93. The van der Waals surface area contributed by atoms with Crippen molar-refractivity contribution in [1.82, 2.24) is 0 Å². The zero-order valence-corrected chi connectivity index (χ0v) is 15.9. The summed E-state index contributed by atoms with van der Waals surface area (Å²) in [5, 5.41) is 0. The van der Waals surface area contributed by atoms with E-state index in [1.807, 2.05) is 38.4 Å². The Labute approximate surface area is 109 Å². The molecule has 17 heavy (non-hydrogen) atoms. The van der Waals surface area contributed by atoms with Crippen LogP contribution in [0.2, 0.25) is 45.8 Å². The average molecular weight is 309 g/mol. The second kappa shape index (κ2) is 4.53. The minimum absolute atomic E-state index is 1.82. The van der Waals surface area contributed by atoms with E-state index in [2.05, 4.69) is 19.7 Å². The molecule has 0 aromatic carbocycles. The van der Waals surface area contributed by atoms with Crippen LogP contribution < -0.4 is 0 Å². The highest BCUT2D eigenvalue weighted by molar-refractivity contribution is 6.94. The first-order valence-corrected chi connectivity index (χ1v) is 16.7. The third-order valence-electron chi connectivity index (χ3n) is 2.25. The molecule has 1 rings (SSSR count). The largest absolute Gasteiger partial charge is 0.416 e. The van der Waals surface area contributed by atoms with Crippen molar-refractivity contribution in [3.05, 3.63) is 12.3 Å². The van der Waals surface area contributed by atoms with E-state index in [0.717, 1.165) is 0 Å². The third-order valence-corrected chi connectivity index (χ3v) is 18.0. The van der Waals surface area contributed by atoms with Crippen molar-refractivity contribution < 1.29 is 16.5 Å². The predicted molar refractivity (Wildman–Crippen MR) is 78.6 cm³/mol. The molecule has 0 aromatic heterocycles. The van der Waals surface area contributed by atoms with Crippen molar-refractivity contribution in [3.8, 4) is 0 Å². The van der Waals surface area contributed by atoms with E-state index < -0.39 is 34.2 Å². The topological polar surface area (TPSA) is 36.9 Å². The van der Waals surface area contributed by atoms with E-state index >= 15 is 0 Å². The fourth-order valence-corrected chi connectivity index (χ4v) is 22.4. The molecule has 0 atom stereocenters. The molecule has 0 unspecified atom stereocenters. The van der Waals surface area contributed by atoms with Gasteiger partial charge in [-0.25, -0.2) is 0 Å². The normalized spacial score (nSPS) is 30.1. The van der Waals surface area contributed by atoms with Crippen molar-refractivity contribution in [2.75, 3.05) is 0 Å². The molecule has 0 N–H and O–H groups in total. The maximum atomic E-state index is 6.19. The van der Waals surface area contributed by atoms with Gasteiger partial charge in [-0.05, 0) is 45.8 Å². The Hall–Kier alpha value is 0.448. The summed E-state index contributed by atoms with van der Waals surface area (Å²) in [7, 11) is -8.93. The summed E-state index contributed by atoms with van der Waals surface area (Å²) in [6.07, 6.45) is 0. The minimum atomic E-state index is -2.37. The van der Waals surface area contributed by atoms with E-state index in [4.69, 9.17) is 16.5 Å². The van der Waals surface area contributed by atoms with Crippen molar-refractivity contribution in [2.24, 2.45) is 0 Å². The van der Waals surface area contributed by atoms with Gasteiger partial charge in [0, 0.05) is 0 Å². The zero-order valence-electron chi connectivity index (χ0n) is 11.9. The van der Waals surface area contributed by atoms with Gasteiger partial charge in [0.1, 0.15) is 0 Å².